The monoisotopic (exact) mass is 380 g/mol. The Bertz CT molecular complexity index is 878. The van der Waals surface area contributed by atoms with Crippen molar-refractivity contribution in [3.63, 3.8) is 0 Å². The molecule has 0 saturated heterocycles. The van der Waals surface area contributed by atoms with Crippen molar-refractivity contribution in [2.24, 2.45) is 0 Å². The summed E-state index contributed by atoms with van der Waals surface area (Å²) in [5.41, 5.74) is 1.21. The molecule has 0 aliphatic carbocycles. The maximum atomic E-state index is 12.9. The van der Waals surface area contributed by atoms with Crippen molar-refractivity contribution >= 4 is 28.7 Å². The Morgan fingerprint density at radius 1 is 1.00 bits per heavy atom. The maximum Gasteiger partial charge on any atom is 0.253 e. The third-order valence-electron chi connectivity index (χ3n) is 3.81. The van der Waals surface area contributed by atoms with Crippen LogP contribution in [0.2, 0.25) is 0 Å². The summed E-state index contributed by atoms with van der Waals surface area (Å²) in [5.74, 6) is 0.240. The zero-order valence-corrected chi connectivity index (χ0v) is 15.7. The molecule has 27 heavy (non-hydrogen) atoms. The Morgan fingerprint density at radius 3 is 2.37 bits per heavy atom. The molecule has 2 aromatic carbocycles. The third kappa shape index (κ3) is 4.95. The molecule has 0 spiro atoms. The van der Waals surface area contributed by atoms with Crippen LogP contribution in [0.1, 0.15) is 27.0 Å². The molecule has 0 aliphatic heterocycles. The Balaban J connectivity index is 1.79. The molecular formula is C21H20N2O3S. The highest BCUT2D eigenvalue weighted by Gasteiger charge is 2.23. The van der Waals surface area contributed by atoms with E-state index in [1.165, 1.54) is 11.3 Å². The maximum absolute atomic E-state index is 12.9. The van der Waals surface area contributed by atoms with Gasteiger partial charge in [-0.3, -0.25) is 9.59 Å². The van der Waals surface area contributed by atoms with Crippen LogP contribution >= 0.6 is 11.3 Å². The predicted octanol–water partition coefficient (Wildman–Crippen LogP) is 4.20. The second kappa shape index (κ2) is 9.00. The van der Waals surface area contributed by atoms with Gasteiger partial charge >= 0.3 is 0 Å². The van der Waals surface area contributed by atoms with E-state index >= 15 is 0 Å². The predicted molar refractivity (Wildman–Crippen MR) is 108 cm³/mol. The van der Waals surface area contributed by atoms with Gasteiger partial charge in [-0.25, -0.2) is 0 Å². The van der Waals surface area contributed by atoms with Gasteiger partial charge in [-0.05, 0) is 54.8 Å². The van der Waals surface area contributed by atoms with Gasteiger partial charge in [-0.15, -0.1) is 11.3 Å². The molecule has 2 N–H and O–H groups in total. The number of Topliss-reactive ketones (excluding diaryl/α,β-unsaturated/α-hetero) is 1. The average molecular weight is 380 g/mol. The number of ether oxygens (including phenoxy) is 1. The van der Waals surface area contributed by atoms with Crippen LogP contribution in [0, 0.1) is 0 Å². The van der Waals surface area contributed by atoms with Crippen LogP contribution < -0.4 is 15.4 Å². The van der Waals surface area contributed by atoms with Crippen LogP contribution in [0.5, 0.6) is 5.75 Å². The first-order valence-corrected chi connectivity index (χ1v) is 9.48. The largest absolute Gasteiger partial charge is 0.494 e. The number of benzene rings is 2. The second-order valence-corrected chi connectivity index (χ2v) is 6.66. The first-order chi connectivity index (χ1) is 13.2. The molecular weight excluding hydrogens is 360 g/mol. The summed E-state index contributed by atoms with van der Waals surface area (Å²) in [6.45, 7) is 2.50. The van der Waals surface area contributed by atoms with E-state index in [0.29, 0.717) is 22.7 Å². The third-order valence-corrected chi connectivity index (χ3v) is 4.70. The highest BCUT2D eigenvalue weighted by molar-refractivity contribution is 7.12. The summed E-state index contributed by atoms with van der Waals surface area (Å²) in [6, 6.07) is 19.6. The van der Waals surface area contributed by atoms with Crippen LogP contribution in [0.3, 0.4) is 0 Å². The van der Waals surface area contributed by atoms with Gasteiger partial charge in [0.1, 0.15) is 5.75 Å². The van der Waals surface area contributed by atoms with Crippen LogP contribution in [0.15, 0.2) is 72.1 Å². The van der Waals surface area contributed by atoms with Gasteiger partial charge in [-0.2, -0.15) is 0 Å². The van der Waals surface area contributed by atoms with Crippen molar-refractivity contribution in [3.05, 3.63) is 82.6 Å². The van der Waals surface area contributed by atoms with E-state index in [1.54, 1.807) is 30.3 Å². The number of amides is 1. The summed E-state index contributed by atoms with van der Waals surface area (Å²) in [7, 11) is 0. The SMILES string of the molecule is CCOc1ccc(NC(NC(=O)c2ccccc2)C(=O)c2cccs2)cc1. The molecule has 0 saturated carbocycles. The van der Waals surface area contributed by atoms with Crippen molar-refractivity contribution in [2.45, 2.75) is 13.1 Å². The Kier molecular flexibility index (Phi) is 6.22. The topological polar surface area (TPSA) is 67.4 Å². The molecule has 0 fully saturated rings. The molecule has 138 valence electrons. The lowest BCUT2D eigenvalue weighted by atomic mass is 10.2. The average Bonchev–Trinajstić information content (AvgIpc) is 3.24. The fourth-order valence-corrected chi connectivity index (χ4v) is 3.21. The molecule has 3 rings (SSSR count). The zero-order chi connectivity index (χ0) is 19.1. The molecule has 3 aromatic rings. The molecule has 1 aromatic heterocycles. The highest BCUT2D eigenvalue weighted by atomic mass is 32.1. The lowest BCUT2D eigenvalue weighted by molar-refractivity contribution is 0.0871. The summed E-state index contributed by atoms with van der Waals surface area (Å²) in [4.78, 5) is 26.0. The molecule has 0 aliphatic rings. The summed E-state index contributed by atoms with van der Waals surface area (Å²) in [5, 5.41) is 7.73. The van der Waals surface area contributed by atoms with Gasteiger partial charge in [0.2, 0.25) is 5.78 Å². The molecule has 6 heteroatoms. The van der Waals surface area contributed by atoms with E-state index in [4.69, 9.17) is 4.74 Å². The quantitative estimate of drug-likeness (QED) is 0.454. The smallest absolute Gasteiger partial charge is 0.253 e. The highest BCUT2D eigenvalue weighted by Crippen LogP contribution is 2.18. The van der Waals surface area contributed by atoms with Gasteiger partial charge < -0.3 is 15.4 Å². The Hall–Kier alpha value is -3.12. The number of hydrogen-bond donors (Lipinski definition) is 2. The van der Waals surface area contributed by atoms with E-state index < -0.39 is 6.17 Å². The molecule has 0 bridgehead atoms. The summed E-state index contributed by atoms with van der Waals surface area (Å²) in [6.07, 6.45) is -0.880. The molecule has 1 heterocycles. The van der Waals surface area contributed by atoms with Crippen LogP contribution in [-0.2, 0) is 0 Å². The van der Waals surface area contributed by atoms with Crippen molar-refractivity contribution in [1.82, 2.24) is 5.32 Å². The lowest BCUT2D eigenvalue weighted by Gasteiger charge is -2.20. The van der Waals surface area contributed by atoms with Crippen molar-refractivity contribution < 1.29 is 14.3 Å². The number of carbonyl (C=O) groups is 2. The van der Waals surface area contributed by atoms with E-state index in [9.17, 15) is 9.59 Å². The minimum absolute atomic E-state index is 0.192. The van der Waals surface area contributed by atoms with Crippen molar-refractivity contribution in [1.29, 1.82) is 0 Å². The van der Waals surface area contributed by atoms with E-state index in [-0.39, 0.29) is 11.7 Å². The number of thiophene rings is 1. The molecule has 5 nitrogen and oxygen atoms in total. The minimum atomic E-state index is -0.880. The zero-order valence-electron chi connectivity index (χ0n) is 14.8. The Labute approximate surface area is 162 Å². The van der Waals surface area contributed by atoms with Gasteiger partial charge in [0.25, 0.3) is 5.91 Å². The van der Waals surface area contributed by atoms with Crippen LogP contribution in [0.25, 0.3) is 0 Å². The first kappa shape index (κ1) is 18.7. The molecule has 1 amide bonds. The van der Waals surface area contributed by atoms with Gasteiger partial charge in [0.05, 0.1) is 11.5 Å². The van der Waals surface area contributed by atoms with Gasteiger partial charge in [0, 0.05) is 11.3 Å². The fourth-order valence-electron chi connectivity index (χ4n) is 2.51. The number of nitrogens with one attached hydrogen (secondary N) is 2. The van der Waals surface area contributed by atoms with Crippen molar-refractivity contribution in [3.8, 4) is 5.75 Å². The van der Waals surface area contributed by atoms with E-state index in [0.717, 1.165) is 5.75 Å². The number of carbonyl (C=O) groups excluding carboxylic acids is 2. The molecule has 1 unspecified atom stereocenters. The van der Waals surface area contributed by atoms with Gasteiger partial charge in [0.15, 0.2) is 6.17 Å². The molecule has 1 atom stereocenters. The van der Waals surface area contributed by atoms with Gasteiger partial charge in [-0.1, -0.05) is 24.3 Å². The van der Waals surface area contributed by atoms with E-state index in [1.807, 2.05) is 48.7 Å². The van der Waals surface area contributed by atoms with Crippen LogP contribution in [0.4, 0.5) is 5.69 Å². The number of hydrogen-bond acceptors (Lipinski definition) is 5. The standard InChI is InChI=1S/C21H20N2O3S/c1-2-26-17-12-10-16(11-13-17)22-20(19(24)18-9-6-14-27-18)23-21(25)15-7-4-3-5-8-15/h3-14,20,22H,2H2,1H3,(H,23,25). The van der Waals surface area contributed by atoms with Crippen LogP contribution in [-0.4, -0.2) is 24.5 Å². The second-order valence-electron chi connectivity index (χ2n) is 5.72. The lowest BCUT2D eigenvalue weighted by Crippen LogP contribution is -2.46. The number of anilines is 1. The number of ketones is 1. The molecule has 0 radical (unpaired) electrons. The fraction of sp³-hybridized carbons (Fsp3) is 0.143. The minimum Gasteiger partial charge on any atom is -0.494 e. The number of rotatable bonds is 8. The Morgan fingerprint density at radius 2 is 1.74 bits per heavy atom. The summed E-state index contributed by atoms with van der Waals surface area (Å²) >= 11 is 1.34. The first-order valence-electron chi connectivity index (χ1n) is 8.60. The van der Waals surface area contributed by atoms with Crippen molar-refractivity contribution in [2.75, 3.05) is 11.9 Å². The normalized spacial score (nSPS) is 11.4. The van der Waals surface area contributed by atoms with E-state index in [2.05, 4.69) is 10.6 Å². The summed E-state index contributed by atoms with van der Waals surface area (Å²) < 4.78 is 5.43.